The maximum absolute atomic E-state index is 13.4. The third kappa shape index (κ3) is 23.9. The molecule has 0 radical (unpaired) electrons. The van der Waals surface area contributed by atoms with Crippen LogP contribution in [-0.4, -0.2) is 580 Å². The van der Waals surface area contributed by atoms with Crippen LogP contribution in [0.4, 0.5) is 0 Å². The molecule has 55 atom stereocenters. The molecule has 0 bridgehead atoms. The Labute approximate surface area is 752 Å². The molecule has 59 nitrogen and oxygen atoms in total. The van der Waals surface area contributed by atoms with Crippen molar-refractivity contribution in [1.29, 1.82) is 0 Å². The Morgan fingerprint density at radius 2 is 0.459 bits per heavy atom. The van der Waals surface area contributed by atoms with Crippen LogP contribution in [0.1, 0.15) is 34.6 Å². The standard InChI is InChI=1S/C74H124N4O55/c1-16-35(92)46(103)51(108)68(114-16)133-63-60(130-70-53(110)48(105)37(94)22(7-80)117-70)40(97)25(10-83)120-74(63)128-58-29(14-87)123-66(34(45(58)102)78-20(5)91)131-61-49(106)38(95)23(8-81)118-72(61)113-15-30-41(98)59(54(111)71(124-30)127-57-28(13-86)121-65(32(43(57)100)76-18(3)89)125-55-26(11-84)115-64(112)31(42(55)99)75-17(2)88)129-73-62(50(107)39(96)24(9-82)119-73)132-67-33(77-19(4)90)44(101)56(27(12-85)122-67)126-69-52(109)47(104)36(93)21(6-79)116-69/h16,21-74,79-87,92-112H,6-15H2,1-5H3,(H,75,88)(H,76,89)(H,77,90)(H,78,91)/t16-,21+,22+,23+,24+,25+,26+,27+,28+,29+,30+,31+,32+,33+,34+,35+,36-,37-,38+,39+,40-,41+,42+,43+,44+,45+,46+,47-,48-,49-,50-,51-,52+,53+,54-,55+,56+,57+,58+,59-,60-,61-,62-,63+,64?,65-,66-,67-,68-,69-,70+,71-,72-,73+,74-/m0/s1. The molecule has 0 aromatic rings. The number of aliphatic hydroxyl groups is 30. The second kappa shape index (κ2) is 47.6. The summed E-state index contributed by atoms with van der Waals surface area (Å²) in [6.07, 6.45) is -109. The van der Waals surface area contributed by atoms with E-state index >= 15 is 0 Å². The fourth-order valence-corrected chi connectivity index (χ4v) is 17.3. The Morgan fingerprint density at radius 1 is 0.211 bits per heavy atom. The topological polar surface area (TPSA) is 917 Å². The van der Waals surface area contributed by atoms with E-state index in [0.29, 0.717) is 0 Å². The van der Waals surface area contributed by atoms with Gasteiger partial charge in [0.2, 0.25) is 23.6 Å². The summed E-state index contributed by atoms with van der Waals surface area (Å²) in [7, 11) is 0. The summed E-state index contributed by atoms with van der Waals surface area (Å²) in [5, 5.41) is 346. The molecule has 1 unspecified atom stereocenters. The Morgan fingerprint density at radius 3 is 0.850 bits per heavy atom. The summed E-state index contributed by atoms with van der Waals surface area (Å²) < 4.78 is 126. The van der Waals surface area contributed by atoms with E-state index in [1.807, 2.05) is 0 Å². The van der Waals surface area contributed by atoms with E-state index in [1.165, 1.54) is 6.92 Å². The number of aliphatic hydroxyl groups excluding tert-OH is 30. The summed E-state index contributed by atoms with van der Waals surface area (Å²) in [5.74, 6) is -3.82. The van der Waals surface area contributed by atoms with E-state index < -0.39 is 427 Å². The normalized spacial score (nSPS) is 50.1. The first kappa shape index (κ1) is 109. The predicted octanol–water partition coefficient (Wildman–Crippen LogP) is -23.4. The minimum Gasteiger partial charge on any atom is -0.394 e. The van der Waals surface area contributed by atoms with Gasteiger partial charge in [-0.25, -0.2) is 0 Å². The van der Waals surface area contributed by atoms with Crippen molar-refractivity contribution in [3.05, 3.63) is 0 Å². The summed E-state index contributed by atoms with van der Waals surface area (Å²) in [6, 6.07) is -7.77. The highest BCUT2D eigenvalue weighted by Crippen LogP contribution is 2.42. The van der Waals surface area contributed by atoms with Gasteiger partial charge < -0.3 is 274 Å². The number of carbonyl (C=O) groups is 4. The lowest BCUT2D eigenvalue weighted by Gasteiger charge is -2.51. The van der Waals surface area contributed by atoms with Gasteiger partial charge in [-0.3, -0.25) is 19.2 Å². The Balaban J connectivity index is 0.919. The molecule has 0 aromatic carbocycles. The third-order valence-corrected chi connectivity index (χ3v) is 24.6. The van der Waals surface area contributed by atoms with Crippen LogP contribution in [0.15, 0.2) is 0 Å². The quantitative estimate of drug-likeness (QED) is 0.0284. The molecule has 34 N–H and O–H groups in total. The zero-order valence-corrected chi connectivity index (χ0v) is 71.4. The van der Waals surface area contributed by atoms with Gasteiger partial charge in [0.15, 0.2) is 69.2 Å². The van der Waals surface area contributed by atoms with Crippen LogP contribution in [-0.2, 0) is 119 Å². The summed E-state index contributed by atoms with van der Waals surface area (Å²) in [6.45, 7) is -6.67. The Bertz CT molecular complexity index is 3630. The maximum Gasteiger partial charge on any atom is 0.217 e. The lowest BCUT2D eigenvalue weighted by molar-refractivity contribution is -0.406. The molecule has 11 rings (SSSR count). The van der Waals surface area contributed by atoms with Gasteiger partial charge in [0.05, 0.1) is 72.2 Å². The van der Waals surface area contributed by atoms with E-state index in [-0.39, 0.29) is 0 Å². The second-order valence-corrected chi connectivity index (χ2v) is 33.8. The van der Waals surface area contributed by atoms with E-state index in [2.05, 4.69) is 21.3 Å². The van der Waals surface area contributed by atoms with Crippen molar-refractivity contribution in [3.8, 4) is 0 Å². The fourth-order valence-electron chi connectivity index (χ4n) is 17.3. The van der Waals surface area contributed by atoms with Crippen LogP contribution in [0, 0.1) is 0 Å². The molecule has 133 heavy (non-hydrogen) atoms. The largest absolute Gasteiger partial charge is 0.394 e. The van der Waals surface area contributed by atoms with Gasteiger partial charge in [0.1, 0.15) is 262 Å². The molecule has 0 aliphatic carbocycles. The summed E-state index contributed by atoms with van der Waals surface area (Å²) in [5.41, 5.74) is 0. The number of nitrogens with one attached hydrogen (secondary N) is 4. The zero-order chi connectivity index (χ0) is 97.8. The third-order valence-electron chi connectivity index (χ3n) is 24.6. The lowest BCUT2D eigenvalue weighted by atomic mass is 9.93. The number of rotatable bonds is 34. The first-order chi connectivity index (χ1) is 62.9. The van der Waals surface area contributed by atoms with Crippen LogP contribution in [0.25, 0.3) is 0 Å². The zero-order valence-electron chi connectivity index (χ0n) is 71.4. The molecule has 11 aliphatic heterocycles. The van der Waals surface area contributed by atoms with Crippen molar-refractivity contribution in [2.24, 2.45) is 0 Å². The average Bonchev–Trinajstić information content (AvgIpc) is 0.765. The molecule has 4 amide bonds. The maximum atomic E-state index is 13.4. The Kier molecular flexibility index (Phi) is 39.1. The molecule has 11 heterocycles. The van der Waals surface area contributed by atoms with Crippen LogP contribution in [0.5, 0.6) is 0 Å². The number of hydrogen-bond acceptors (Lipinski definition) is 55. The fraction of sp³-hybridized carbons (Fsp3) is 0.946. The van der Waals surface area contributed by atoms with Gasteiger partial charge in [0.25, 0.3) is 0 Å². The minimum atomic E-state index is -2.64. The highest BCUT2D eigenvalue weighted by Gasteiger charge is 2.63. The average molecular weight is 1950 g/mol. The van der Waals surface area contributed by atoms with Crippen molar-refractivity contribution in [3.63, 3.8) is 0 Å². The van der Waals surface area contributed by atoms with Gasteiger partial charge in [-0.05, 0) is 6.92 Å². The van der Waals surface area contributed by atoms with Crippen LogP contribution < -0.4 is 21.3 Å². The summed E-state index contributed by atoms with van der Waals surface area (Å²) in [4.78, 5) is 51.8. The van der Waals surface area contributed by atoms with Gasteiger partial charge in [-0.2, -0.15) is 0 Å². The molecule has 770 valence electrons. The van der Waals surface area contributed by atoms with Crippen LogP contribution >= 0.6 is 0 Å². The molecule has 11 aliphatic rings. The highest BCUT2D eigenvalue weighted by molar-refractivity contribution is 5.74. The van der Waals surface area contributed by atoms with E-state index in [9.17, 15) is 172 Å². The minimum absolute atomic E-state index is 0.812. The molecule has 0 saturated carbocycles. The number of amides is 4. The molecule has 0 aromatic heterocycles. The van der Waals surface area contributed by atoms with Gasteiger partial charge >= 0.3 is 0 Å². The van der Waals surface area contributed by atoms with Gasteiger partial charge in [0, 0.05) is 27.7 Å². The van der Waals surface area contributed by atoms with Crippen molar-refractivity contribution in [1.82, 2.24) is 21.3 Å². The molecule has 59 heteroatoms. The SMILES string of the molecule is CC(=O)N[C@H]1[C@H](O[C@H]2[C@H](O)[C@@H](NC(C)=O)C(O)O[C@@H]2CO)O[C@H](CO)[C@@H](O[C@@H]2O[C@H](CO[C@H]3O[C@H](CO)[C@@H](O)[C@H](O)[C@@H]3O[C@@H]3O[C@H](CO)[C@@H](O[C@@H]4O[C@H](CO)[C@H](O)[C@H](O[C@H]5O[C@H](CO)[C@H](O)[C@H](O)[C@H]5O)[C@H]4O[C@@H]4O[C@@H](C)[C@@H](O)[C@@H](O)[C@@H]4O)[C@H](O)[C@H]3NC(C)=O)[C@@H](O)[C@H](O[C@H]3O[C@H](CO)[C@@H](O)[C@H](O)[C@@H]3O[C@@H]3O[C@H](CO)[C@@H](O[C@@H]4O[C@H](CO)[C@H](O)[C@H](O)[C@H]4O)[C@H](O)[C@H]3NC(C)=O)[C@@H]2O)[C@@H]1O. The Hall–Kier alpha value is -4.16. The van der Waals surface area contributed by atoms with Crippen LogP contribution in [0.3, 0.4) is 0 Å². The predicted molar refractivity (Wildman–Crippen MR) is 407 cm³/mol. The first-order valence-corrected chi connectivity index (χ1v) is 42.5. The molecular formula is C74H124N4O55. The summed E-state index contributed by atoms with van der Waals surface area (Å²) >= 11 is 0. The number of carbonyl (C=O) groups excluding carboxylic acids is 4. The van der Waals surface area contributed by atoms with Crippen molar-refractivity contribution < 1.29 is 272 Å². The van der Waals surface area contributed by atoms with E-state index in [0.717, 1.165) is 27.7 Å². The number of hydrogen-bond donors (Lipinski definition) is 34. The second-order valence-electron chi connectivity index (χ2n) is 33.8. The monoisotopic (exact) mass is 1950 g/mol. The molecule has 11 saturated heterocycles. The molecular weight excluding hydrogens is 1820 g/mol. The van der Waals surface area contributed by atoms with Gasteiger partial charge in [-0.15, -0.1) is 0 Å². The van der Waals surface area contributed by atoms with Crippen molar-refractivity contribution in [2.75, 3.05) is 66.1 Å². The van der Waals surface area contributed by atoms with E-state index in [4.69, 9.17) is 99.5 Å². The van der Waals surface area contributed by atoms with Crippen LogP contribution in [0.2, 0.25) is 0 Å². The highest BCUT2D eigenvalue weighted by atomic mass is 16.8. The van der Waals surface area contributed by atoms with Gasteiger partial charge in [-0.1, -0.05) is 0 Å². The number of ether oxygens (including phenoxy) is 21. The smallest absolute Gasteiger partial charge is 0.217 e. The van der Waals surface area contributed by atoms with E-state index in [1.54, 1.807) is 0 Å². The van der Waals surface area contributed by atoms with Crippen molar-refractivity contribution >= 4 is 23.6 Å². The molecule has 0 spiro atoms. The lowest BCUT2D eigenvalue weighted by Crippen LogP contribution is -2.71. The van der Waals surface area contributed by atoms with Crippen molar-refractivity contribution in [2.45, 2.75) is 372 Å². The molecule has 11 fully saturated rings. The first-order valence-electron chi connectivity index (χ1n) is 42.5.